The number of carbonyl (C=O) groups is 1. The summed E-state index contributed by atoms with van der Waals surface area (Å²) in [6, 6.07) is 18.4. The molecule has 0 bridgehead atoms. The van der Waals surface area contributed by atoms with E-state index < -0.39 is 0 Å². The summed E-state index contributed by atoms with van der Waals surface area (Å²) in [6.07, 6.45) is 7.40. The van der Waals surface area contributed by atoms with Crippen LogP contribution in [0.2, 0.25) is 0 Å². The minimum absolute atomic E-state index is 0.0660. The number of thiophene rings is 1. The molecule has 1 amide bonds. The first-order chi connectivity index (χ1) is 14.7. The minimum atomic E-state index is 0.0660. The molecule has 2 heterocycles. The Morgan fingerprint density at radius 1 is 1.03 bits per heavy atom. The molecule has 0 N–H and O–H groups in total. The average Bonchev–Trinajstić information content (AvgIpc) is 3.11. The van der Waals surface area contributed by atoms with Gasteiger partial charge in [0.05, 0.1) is 11.8 Å². The van der Waals surface area contributed by atoms with E-state index in [1.165, 1.54) is 29.7 Å². The molecule has 1 aromatic heterocycles. The van der Waals surface area contributed by atoms with Gasteiger partial charge in [-0.1, -0.05) is 53.7 Å². The van der Waals surface area contributed by atoms with Crippen molar-refractivity contribution in [2.45, 2.75) is 51.6 Å². The number of hydrogen-bond acceptors (Lipinski definition) is 3. The van der Waals surface area contributed by atoms with Crippen molar-refractivity contribution in [2.24, 2.45) is 0 Å². The van der Waals surface area contributed by atoms with Gasteiger partial charge in [-0.3, -0.25) is 4.79 Å². The lowest BCUT2D eigenvalue weighted by Gasteiger charge is -2.23. The fourth-order valence-corrected chi connectivity index (χ4v) is 5.70. The molecule has 0 radical (unpaired) electrons. The Morgan fingerprint density at radius 3 is 2.60 bits per heavy atom. The highest BCUT2D eigenvalue weighted by Gasteiger charge is 2.27. The van der Waals surface area contributed by atoms with E-state index >= 15 is 0 Å². The second-order valence-corrected chi connectivity index (χ2v) is 9.40. The average molecular weight is 418 g/mol. The van der Waals surface area contributed by atoms with Crippen LogP contribution in [0, 0.1) is 6.92 Å². The normalized spacial score (nSPS) is 16.5. The topological polar surface area (TPSA) is 29.5 Å². The fourth-order valence-electron chi connectivity index (χ4n) is 4.54. The number of amides is 1. The predicted octanol–water partition coefficient (Wildman–Crippen LogP) is 6.64. The lowest BCUT2D eigenvalue weighted by molar-refractivity contribution is 0.0987. The van der Waals surface area contributed by atoms with E-state index in [-0.39, 0.29) is 5.91 Å². The fraction of sp³-hybridized carbons (Fsp3) is 0.346. The van der Waals surface area contributed by atoms with Crippen molar-refractivity contribution in [3.8, 4) is 15.5 Å². The summed E-state index contributed by atoms with van der Waals surface area (Å²) in [5.74, 6) is 0.0660. The maximum atomic E-state index is 13.3. The van der Waals surface area contributed by atoms with Gasteiger partial charge in [0.15, 0.2) is 5.06 Å². The second-order valence-electron chi connectivity index (χ2n) is 8.39. The van der Waals surface area contributed by atoms with Crippen molar-refractivity contribution < 1.29 is 9.53 Å². The highest BCUT2D eigenvalue weighted by atomic mass is 32.1. The van der Waals surface area contributed by atoms with Crippen molar-refractivity contribution in [3.05, 3.63) is 71.3 Å². The Bertz CT molecular complexity index is 1050. The van der Waals surface area contributed by atoms with E-state index in [4.69, 9.17) is 4.74 Å². The Hall–Kier alpha value is -2.59. The number of aryl methyl sites for hydroxylation is 1. The molecular formula is C26H27NO2S. The number of hydrogen-bond donors (Lipinski definition) is 0. The zero-order valence-corrected chi connectivity index (χ0v) is 18.2. The van der Waals surface area contributed by atoms with Gasteiger partial charge in [0.2, 0.25) is 0 Å². The van der Waals surface area contributed by atoms with Crippen LogP contribution in [0.4, 0.5) is 5.69 Å². The molecule has 1 aliphatic carbocycles. The Kier molecular flexibility index (Phi) is 5.34. The Morgan fingerprint density at radius 2 is 1.80 bits per heavy atom. The van der Waals surface area contributed by atoms with Gasteiger partial charge in [-0.05, 0) is 68.9 Å². The highest BCUT2D eigenvalue weighted by Crippen LogP contribution is 2.45. The number of nitrogens with zero attached hydrogens (tertiary/aromatic N) is 1. The SMILES string of the molecule is Cc1ccc(C(=O)N2CCc3cc(OC4CCCCC4)sc3-c3ccccc32)cc1. The Labute approximate surface area is 182 Å². The van der Waals surface area contributed by atoms with Gasteiger partial charge in [-0.25, -0.2) is 0 Å². The summed E-state index contributed by atoms with van der Waals surface area (Å²) in [4.78, 5) is 16.5. The van der Waals surface area contributed by atoms with Crippen LogP contribution in [-0.4, -0.2) is 18.6 Å². The van der Waals surface area contributed by atoms with Gasteiger partial charge in [0.25, 0.3) is 5.91 Å². The number of fused-ring (bicyclic) bond motifs is 3. The van der Waals surface area contributed by atoms with E-state index in [0.29, 0.717) is 12.6 Å². The van der Waals surface area contributed by atoms with Crippen LogP contribution in [0.15, 0.2) is 54.6 Å². The molecular weight excluding hydrogens is 390 g/mol. The maximum Gasteiger partial charge on any atom is 0.258 e. The summed E-state index contributed by atoms with van der Waals surface area (Å²) in [7, 11) is 0. The van der Waals surface area contributed by atoms with E-state index in [9.17, 15) is 4.79 Å². The van der Waals surface area contributed by atoms with E-state index in [2.05, 4.69) is 24.3 Å². The van der Waals surface area contributed by atoms with Crippen molar-refractivity contribution in [3.63, 3.8) is 0 Å². The molecule has 0 unspecified atom stereocenters. The lowest BCUT2D eigenvalue weighted by atomic mass is 9.98. The number of ether oxygens (including phenoxy) is 1. The van der Waals surface area contributed by atoms with Gasteiger partial charge in [-0.15, -0.1) is 0 Å². The second kappa shape index (κ2) is 8.27. The quantitative estimate of drug-likeness (QED) is 0.478. The summed E-state index contributed by atoms with van der Waals surface area (Å²) in [6.45, 7) is 2.72. The third-order valence-electron chi connectivity index (χ3n) is 6.21. The number of rotatable bonds is 3. The van der Waals surface area contributed by atoms with Gasteiger partial charge in [-0.2, -0.15) is 0 Å². The third kappa shape index (κ3) is 3.77. The molecule has 1 saturated carbocycles. The van der Waals surface area contributed by atoms with Gasteiger partial charge < -0.3 is 9.64 Å². The molecule has 1 fully saturated rings. The monoisotopic (exact) mass is 417 g/mol. The smallest absolute Gasteiger partial charge is 0.258 e. The van der Waals surface area contributed by atoms with Crippen LogP contribution < -0.4 is 9.64 Å². The van der Waals surface area contributed by atoms with Crippen molar-refractivity contribution >= 4 is 22.9 Å². The molecule has 1 aliphatic heterocycles. The van der Waals surface area contributed by atoms with Crippen LogP contribution in [0.25, 0.3) is 10.4 Å². The highest BCUT2D eigenvalue weighted by molar-refractivity contribution is 7.17. The van der Waals surface area contributed by atoms with E-state index in [1.54, 1.807) is 11.3 Å². The molecule has 2 aliphatic rings. The van der Waals surface area contributed by atoms with Crippen LogP contribution >= 0.6 is 11.3 Å². The number of para-hydroxylation sites is 1. The number of benzene rings is 2. The van der Waals surface area contributed by atoms with Crippen LogP contribution in [0.1, 0.15) is 53.6 Å². The molecule has 30 heavy (non-hydrogen) atoms. The Balaban J connectivity index is 1.46. The van der Waals surface area contributed by atoms with Gasteiger partial charge in [0.1, 0.15) is 0 Å². The lowest BCUT2D eigenvalue weighted by Crippen LogP contribution is -2.32. The van der Waals surface area contributed by atoms with Crippen molar-refractivity contribution in [1.29, 1.82) is 0 Å². The molecule has 2 aromatic carbocycles. The minimum Gasteiger partial charge on any atom is -0.481 e. The first-order valence-electron chi connectivity index (χ1n) is 11.0. The number of anilines is 1. The maximum absolute atomic E-state index is 13.3. The molecule has 154 valence electrons. The molecule has 0 spiro atoms. The largest absolute Gasteiger partial charge is 0.481 e. The zero-order valence-electron chi connectivity index (χ0n) is 17.4. The standard InChI is InChI=1S/C26H27NO2S/c1-18-11-13-19(14-12-18)26(28)27-16-15-20-17-24(29-21-7-3-2-4-8-21)30-25(20)22-9-5-6-10-23(22)27/h5-6,9-14,17,21H,2-4,7-8,15-16H2,1H3. The summed E-state index contributed by atoms with van der Waals surface area (Å²) >= 11 is 1.74. The van der Waals surface area contributed by atoms with Crippen LogP contribution in [-0.2, 0) is 6.42 Å². The van der Waals surface area contributed by atoms with Gasteiger partial charge >= 0.3 is 0 Å². The van der Waals surface area contributed by atoms with Crippen LogP contribution in [0.3, 0.4) is 0 Å². The zero-order chi connectivity index (χ0) is 20.5. The summed E-state index contributed by atoms with van der Waals surface area (Å²) < 4.78 is 6.36. The van der Waals surface area contributed by atoms with Gasteiger partial charge in [0, 0.05) is 22.5 Å². The first-order valence-corrected chi connectivity index (χ1v) is 11.8. The van der Waals surface area contributed by atoms with E-state index in [1.807, 2.05) is 42.2 Å². The third-order valence-corrected chi connectivity index (χ3v) is 7.31. The van der Waals surface area contributed by atoms with Crippen LogP contribution in [0.5, 0.6) is 5.06 Å². The molecule has 3 aromatic rings. The first kappa shape index (κ1) is 19.4. The molecule has 5 rings (SSSR count). The van der Waals surface area contributed by atoms with Crippen molar-refractivity contribution in [2.75, 3.05) is 11.4 Å². The molecule has 4 heteroatoms. The number of carbonyl (C=O) groups excluding carboxylic acids is 1. The summed E-state index contributed by atoms with van der Waals surface area (Å²) in [5.41, 5.74) is 5.32. The van der Waals surface area contributed by atoms with E-state index in [0.717, 1.165) is 46.7 Å². The summed E-state index contributed by atoms with van der Waals surface area (Å²) in [5, 5.41) is 1.03. The predicted molar refractivity (Wildman–Crippen MR) is 124 cm³/mol. The molecule has 0 atom stereocenters. The van der Waals surface area contributed by atoms with Crippen molar-refractivity contribution in [1.82, 2.24) is 0 Å². The molecule has 3 nitrogen and oxygen atoms in total. The molecule has 0 saturated heterocycles.